The van der Waals surface area contributed by atoms with Crippen LogP contribution in [0.25, 0.3) is 6.08 Å². The molecule has 6 nitrogen and oxygen atoms in total. The first-order valence-corrected chi connectivity index (χ1v) is 13.4. The van der Waals surface area contributed by atoms with Gasteiger partial charge in [-0.25, -0.2) is 0 Å². The minimum absolute atomic E-state index is 0.0939. The summed E-state index contributed by atoms with van der Waals surface area (Å²) in [5.41, 5.74) is 3.88. The zero-order valence-corrected chi connectivity index (χ0v) is 21.7. The van der Waals surface area contributed by atoms with E-state index in [1.54, 1.807) is 42.5 Å². The lowest BCUT2D eigenvalue weighted by molar-refractivity contribution is -0.114. The predicted octanol–water partition coefficient (Wildman–Crippen LogP) is 6.20. The number of rotatable bonds is 9. The van der Waals surface area contributed by atoms with E-state index < -0.39 is 5.91 Å². The molecule has 0 bridgehead atoms. The van der Waals surface area contributed by atoms with E-state index in [0.717, 1.165) is 21.7 Å². The van der Waals surface area contributed by atoms with Gasteiger partial charge in [0.25, 0.3) is 11.8 Å². The highest BCUT2D eigenvalue weighted by Crippen LogP contribution is 2.21. The fourth-order valence-electron chi connectivity index (χ4n) is 3.28. The molecule has 0 atom stereocenters. The van der Waals surface area contributed by atoms with Crippen molar-refractivity contribution in [3.05, 3.63) is 118 Å². The predicted molar refractivity (Wildman–Crippen MR) is 152 cm³/mol. The van der Waals surface area contributed by atoms with Crippen molar-refractivity contribution in [1.82, 2.24) is 5.32 Å². The Kier molecular flexibility index (Phi) is 8.91. The number of aryl methyl sites for hydroxylation is 1. The standard InChI is InChI=1S/C29H25N3O3S2/c1-20-7-9-23(10-8-20)30-27(33)19-37-25-13-11-24(12-14-25)31-29(35)26(17-21-15-16-36-18-21)32-28(34)22-5-3-2-4-6-22/h2-18H,19H2,1H3,(H,30,33)(H,31,35)(H,32,34)/b26-17-. The highest BCUT2D eigenvalue weighted by molar-refractivity contribution is 8.00. The molecular weight excluding hydrogens is 502 g/mol. The van der Waals surface area contributed by atoms with Gasteiger partial charge in [-0.3, -0.25) is 14.4 Å². The summed E-state index contributed by atoms with van der Waals surface area (Å²) in [7, 11) is 0. The Labute approximate surface area is 223 Å². The van der Waals surface area contributed by atoms with Crippen LogP contribution >= 0.6 is 23.1 Å². The SMILES string of the molecule is Cc1ccc(NC(=O)CSc2ccc(NC(=O)/C(=C/c3ccsc3)NC(=O)c3ccccc3)cc2)cc1. The number of hydrogen-bond acceptors (Lipinski definition) is 5. The highest BCUT2D eigenvalue weighted by atomic mass is 32.2. The number of carbonyl (C=O) groups excluding carboxylic acids is 3. The molecule has 0 fully saturated rings. The number of hydrogen-bond donors (Lipinski definition) is 3. The van der Waals surface area contributed by atoms with E-state index in [0.29, 0.717) is 11.3 Å². The minimum atomic E-state index is -0.437. The largest absolute Gasteiger partial charge is 0.325 e. The zero-order valence-electron chi connectivity index (χ0n) is 20.1. The van der Waals surface area contributed by atoms with Crippen LogP contribution in [0.3, 0.4) is 0 Å². The maximum Gasteiger partial charge on any atom is 0.272 e. The van der Waals surface area contributed by atoms with Crippen molar-refractivity contribution in [2.75, 3.05) is 16.4 Å². The number of anilines is 2. The van der Waals surface area contributed by atoms with Gasteiger partial charge in [0.1, 0.15) is 5.70 Å². The summed E-state index contributed by atoms with van der Waals surface area (Å²) in [6, 6.07) is 25.4. The maximum atomic E-state index is 13.1. The molecule has 3 aromatic carbocycles. The van der Waals surface area contributed by atoms with Gasteiger partial charge in [0, 0.05) is 21.8 Å². The molecule has 4 rings (SSSR count). The van der Waals surface area contributed by atoms with Crippen molar-refractivity contribution in [3.8, 4) is 0 Å². The number of amides is 3. The van der Waals surface area contributed by atoms with Gasteiger partial charge in [-0.2, -0.15) is 11.3 Å². The molecule has 8 heteroatoms. The van der Waals surface area contributed by atoms with E-state index in [1.165, 1.54) is 23.1 Å². The second-order valence-corrected chi connectivity index (χ2v) is 9.95. The van der Waals surface area contributed by atoms with E-state index in [9.17, 15) is 14.4 Å². The molecule has 0 saturated carbocycles. The molecule has 0 aliphatic carbocycles. The first-order chi connectivity index (χ1) is 18.0. The van der Waals surface area contributed by atoms with Gasteiger partial charge in [0.15, 0.2) is 0 Å². The van der Waals surface area contributed by atoms with Gasteiger partial charge in [0.2, 0.25) is 5.91 Å². The summed E-state index contributed by atoms with van der Waals surface area (Å²) in [4.78, 5) is 38.9. The maximum absolute atomic E-state index is 13.1. The molecule has 3 N–H and O–H groups in total. The Hall–Kier alpha value is -4.14. The van der Waals surface area contributed by atoms with Crippen molar-refractivity contribution in [1.29, 1.82) is 0 Å². The van der Waals surface area contributed by atoms with E-state index in [1.807, 2.05) is 66.2 Å². The molecule has 4 aromatic rings. The molecule has 0 aliphatic rings. The van der Waals surface area contributed by atoms with Crippen molar-refractivity contribution >= 4 is 58.3 Å². The van der Waals surface area contributed by atoms with Gasteiger partial charge >= 0.3 is 0 Å². The average molecular weight is 528 g/mol. The van der Waals surface area contributed by atoms with Crippen molar-refractivity contribution in [3.63, 3.8) is 0 Å². The van der Waals surface area contributed by atoms with E-state index in [2.05, 4.69) is 16.0 Å². The van der Waals surface area contributed by atoms with Crippen LogP contribution in [0.2, 0.25) is 0 Å². The summed E-state index contributed by atoms with van der Waals surface area (Å²) >= 11 is 2.90. The summed E-state index contributed by atoms with van der Waals surface area (Å²) < 4.78 is 0. The van der Waals surface area contributed by atoms with Crippen molar-refractivity contribution in [2.45, 2.75) is 11.8 Å². The van der Waals surface area contributed by atoms with Crippen LogP contribution in [0.5, 0.6) is 0 Å². The fourth-order valence-corrected chi connectivity index (χ4v) is 4.60. The zero-order chi connectivity index (χ0) is 26.0. The van der Waals surface area contributed by atoms with Crippen LogP contribution in [-0.4, -0.2) is 23.5 Å². The number of carbonyl (C=O) groups is 3. The lowest BCUT2D eigenvalue weighted by Crippen LogP contribution is -2.30. The fraction of sp³-hybridized carbons (Fsp3) is 0.0690. The third-order valence-electron chi connectivity index (χ3n) is 5.20. The monoisotopic (exact) mass is 527 g/mol. The summed E-state index contributed by atoms with van der Waals surface area (Å²) in [6.07, 6.45) is 1.64. The molecule has 0 radical (unpaired) electrons. The lowest BCUT2D eigenvalue weighted by atomic mass is 10.2. The summed E-state index contributed by atoms with van der Waals surface area (Å²) in [5, 5.41) is 12.2. The van der Waals surface area contributed by atoms with Crippen molar-refractivity contribution in [2.24, 2.45) is 0 Å². The van der Waals surface area contributed by atoms with E-state index >= 15 is 0 Å². The minimum Gasteiger partial charge on any atom is -0.325 e. The molecule has 0 spiro atoms. The third kappa shape index (κ3) is 7.93. The van der Waals surface area contributed by atoms with E-state index in [4.69, 9.17) is 0 Å². The third-order valence-corrected chi connectivity index (χ3v) is 6.91. The highest BCUT2D eigenvalue weighted by Gasteiger charge is 2.15. The molecule has 186 valence electrons. The molecule has 37 heavy (non-hydrogen) atoms. The van der Waals surface area contributed by atoms with Gasteiger partial charge < -0.3 is 16.0 Å². The Morgan fingerprint density at radius 1 is 0.838 bits per heavy atom. The smallest absolute Gasteiger partial charge is 0.272 e. The number of benzene rings is 3. The van der Waals surface area contributed by atoms with Gasteiger partial charge in [0.05, 0.1) is 5.75 Å². The van der Waals surface area contributed by atoms with Crippen LogP contribution in [0, 0.1) is 6.92 Å². The Morgan fingerprint density at radius 2 is 1.51 bits per heavy atom. The topological polar surface area (TPSA) is 87.3 Å². The Balaban J connectivity index is 1.36. The first-order valence-electron chi connectivity index (χ1n) is 11.5. The lowest BCUT2D eigenvalue weighted by Gasteiger charge is -2.11. The van der Waals surface area contributed by atoms with Gasteiger partial charge in [-0.15, -0.1) is 11.8 Å². The van der Waals surface area contributed by atoms with Crippen LogP contribution < -0.4 is 16.0 Å². The van der Waals surface area contributed by atoms with Crippen LogP contribution in [-0.2, 0) is 9.59 Å². The number of nitrogens with one attached hydrogen (secondary N) is 3. The molecule has 0 aliphatic heterocycles. The molecule has 1 heterocycles. The Morgan fingerprint density at radius 3 is 2.19 bits per heavy atom. The molecule has 0 unspecified atom stereocenters. The van der Waals surface area contributed by atoms with E-state index in [-0.39, 0.29) is 23.3 Å². The van der Waals surface area contributed by atoms with Crippen LogP contribution in [0.15, 0.2) is 106 Å². The van der Waals surface area contributed by atoms with Gasteiger partial charge in [-0.1, -0.05) is 35.9 Å². The molecule has 1 aromatic heterocycles. The second-order valence-electron chi connectivity index (χ2n) is 8.12. The van der Waals surface area contributed by atoms with Gasteiger partial charge in [-0.05, 0) is 83.9 Å². The normalized spacial score (nSPS) is 11.0. The Bertz CT molecular complexity index is 1380. The number of thioether (sulfide) groups is 1. The average Bonchev–Trinajstić information content (AvgIpc) is 3.43. The molecular formula is C29H25N3O3S2. The summed E-state index contributed by atoms with van der Waals surface area (Å²) in [6.45, 7) is 2.00. The molecule has 3 amide bonds. The second kappa shape index (κ2) is 12.7. The van der Waals surface area contributed by atoms with Crippen molar-refractivity contribution < 1.29 is 14.4 Å². The van der Waals surface area contributed by atoms with Crippen LogP contribution in [0.4, 0.5) is 11.4 Å². The summed E-state index contributed by atoms with van der Waals surface area (Å²) in [5.74, 6) is -0.636. The van der Waals surface area contributed by atoms with Crippen LogP contribution in [0.1, 0.15) is 21.5 Å². The number of thiophene rings is 1. The quantitative estimate of drug-likeness (QED) is 0.179. The first kappa shape index (κ1) is 25.9. The molecule has 0 saturated heterocycles.